The molecule has 0 saturated heterocycles. The summed E-state index contributed by atoms with van der Waals surface area (Å²) >= 11 is 5.09. The highest BCUT2D eigenvalue weighted by molar-refractivity contribution is 9.11. The van der Waals surface area contributed by atoms with Crippen LogP contribution in [0.4, 0.5) is 0 Å². The Hall–Kier alpha value is 0.100. The maximum absolute atomic E-state index is 5.74. The van der Waals surface area contributed by atoms with E-state index in [1.54, 1.807) is 11.3 Å². The average Bonchev–Trinajstić information content (AvgIpc) is 2.31. The number of rotatable bonds is 2. The minimum Gasteiger partial charge on any atom is -0.329 e. The van der Waals surface area contributed by atoms with Crippen molar-refractivity contribution in [3.63, 3.8) is 0 Å². The zero-order valence-corrected chi connectivity index (χ0v) is 8.71. The van der Waals surface area contributed by atoms with E-state index in [4.69, 9.17) is 11.5 Å². The van der Waals surface area contributed by atoms with E-state index in [1.165, 1.54) is 5.56 Å². The predicted octanol–water partition coefficient (Wildman–Crippen LogP) is 1.78. The van der Waals surface area contributed by atoms with Crippen LogP contribution in [0, 0.1) is 6.92 Å². The third-order valence-corrected chi connectivity index (χ3v) is 3.76. The molecule has 11 heavy (non-hydrogen) atoms. The lowest BCUT2D eigenvalue weighted by atomic mass is 10.2. The first kappa shape index (κ1) is 9.19. The predicted molar refractivity (Wildman–Crippen MR) is 52.7 cm³/mol. The summed E-state index contributed by atoms with van der Waals surface area (Å²) in [4.78, 5) is 1.15. The molecule has 0 bridgehead atoms. The number of hydrogen-bond acceptors (Lipinski definition) is 3. The first-order valence-electron chi connectivity index (χ1n) is 3.36. The van der Waals surface area contributed by atoms with Gasteiger partial charge >= 0.3 is 0 Å². The molecule has 1 atom stereocenters. The van der Waals surface area contributed by atoms with Crippen molar-refractivity contribution in [1.82, 2.24) is 0 Å². The van der Waals surface area contributed by atoms with E-state index >= 15 is 0 Å². The van der Waals surface area contributed by atoms with Crippen molar-refractivity contribution in [3.8, 4) is 0 Å². The molecule has 0 unspecified atom stereocenters. The van der Waals surface area contributed by atoms with Crippen molar-refractivity contribution in [2.75, 3.05) is 6.54 Å². The summed E-state index contributed by atoms with van der Waals surface area (Å²) in [6, 6.07) is 2.07. The highest BCUT2D eigenvalue weighted by Crippen LogP contribution is 2.29. The van der Waals surface area contributed by atoms with Gasteiger partial charge in [-0.15, -0.1) is 11.3 Å². The van der Waals surface area contributed by atoms with E-state index < -0.39 is 0 Å². The molecule has 4 N–H and O–H groups in total. The summed E-state index contributed by atoms with van der Waals surface area (Å²) in [5, 5.41) is 0. The molecule has 62 valence electrons. The molecule has 4 heteroatoms. The van der Waals surface area contributed by atoms with Crippen molar-refractivity contribution < 1.29 is 0 Å². The van der Waals surface area contributed by atoms with E-state index in [0.717, 1.165) is 8.66 Å². The molecule has 0 fully saturated rings. The number of nitrogens with two attached hydrogens (primary N) is 2. The van der Waals surface area contributed by atoms with Gasteiger partial charge in [0.2, 0.25) is 0 Å². The Morgan fingerprint density at radius 1 is 1.73 bits per heavy atom. The first-order valence-corrected chi connectivity index (χ1v) is 4.97. The van der Waals surface area contributed by atoms with Crippen LogP contribution in [-0.2, 0) is 0 Å². The smallest absolute Gasteiger partial charge is 0.0731 e. The van der Waals surface area contributed by atoms with Crippen molar-refractivity contribution >= 4 is 27.3 Å². The van der Waals surface area contributed by atoms with Gasteiger partial charge < -0.3 is 11.5 Å². The first-order chi connectivity index (χ1) is 5.15. The topological polar surface area (TPSA) is 52.0 Å². The van der Waals surface area contributed by atoms with Crippen LogP contribution in [0.25, 0.3) is 0 Å². The van der Waals surface area contributed by atoms with E-state index in [0.29, 0.717) is 6.54 Å². The second kappa shape index (κ2) is 3.67. The zero-order valence-electron chi connectivity index (χ0n) is 6.30. The van der Waals surface area contributed by atoms with Crippen LogP contribution in [0.15, 0.2) is 9.85 Å². The number of hydrogen-bond donors (Lipinski definition) is 2. The quantitative estimate of drug-likeness (QED) is 0.820. The van der Waals surface area contributed by atoms with Crippen molar-refractivity contribution in [1.29, 1.82) is 0 Å². The Labute approximate surface area is 78.7 Å². The Bertz CT molecular complexity index is 227. The van der Waals surface area contributed by atoms with Crippen LogP contribution in [0.5, 0.6) is 0 Å². The second-order valence-electron chi connectivity index (χ2n) is 2.45. The van der Waals surface area contributed by atoms with E-state index in [2.05, 4.69) is 22.0 Å². The maximum atomic E-state index is 5.74. The Balaban J connectivity index is 2.88. The van der Waals surface area contributed by atoms with Gasteiger partial charge in [-0.05, 0) is 34.5 Å². The van der Waals surface area contributed by atoms with E-state index in [1.807, 2.05) is 6.92 Å². The number of thiophene rings is 1. The largest absolute Gasteiger partial charge is 0.329 e. The van der Waals surface area contributed by atoms with Crippen LogP contribution >= 0.6 is 27.3 Å². The van der Waals surface area contributed by atoms with Gasteiger partial charge in [-0.25, -0.2) is 0 Å². The minimum absolute atomic E-state index is 0.00926. The maximum Gasteiger partial charge on any atom is 0.0731 e. The zero-order chi connectivity index (χ0) is 8.43. The normalized spacial score (nSPS) is 13.5. The van der Waals surface area contributed by atoms with Crippen molar-refractivity contribution in [3.05, 3.63) is 20.3 Å². The Morgan fingerprint density at radius 2 is 2.36 bits per heavy atom. The molecule has 0 aliphatic carbocycles. The number of aryl methyl sites for hydroxylation is 1. The molecular formula is C7H11BrN2S. The van der Waals surface area contributed by atoms with Gasteiger partial charge in [0, 0.05) is 11.4 Å². The Morgan fingerprint density at radius 3 is 2.73 bits per heavy atom. The molecule has 0 spiro atoms. The third-order valence-electron chi connectivity index (χ3n) is 1.50. The van der Waals surface area contributed by atoms with Gasteiger partial charge in [0.15, 0.2) is 0 Å². The third kappa shape index (κ3) is 2.02. The molecule has 0 aliphatic rings. The second-order valence-corrected chi connectivity index (χ2v) is 4.85. The lowest BCUT2D eigenvalue weighted by Crippen LogP contribution is -2.19. The van der Waals surface area contributed by atoms with Gasteiger partial charge in [-0.2, -0.15) is 0 Å². The lowest BCUT2D eigenvalue weighted by Gasteiger charge is -2.03. The summed E-state index contributed by atoms with van der Waals surface area (Å²) in [6.45, 7) is 2.56. The summed E-state index contributed by atoms with van der Waals surface area (Å²) in [7, 11) is 0. The summed E-state index contributed by atoms with van der Waals surface area (Å²) < 4.78 is 1.15. The summed E-state index contributed by atoms with van der Waals surface area (Å²) in [5.41, 5.74) is 12.4. The van der Waals surface area contributed by atoms with Crippen LogP contribution in [0.3, 0.4) is 0 Å². The van der Waals surface area contributed by atoms with Crippen LogP contribution in [-0.4, -0.2) is 6.54 Å². The molecule has 0 radical (unpaired) electrons. The van der Waals surface area contributed by atoms with Gasteiger partial charge in [0.1, 0.15) is 0 Å². The van der Waals surface area contributed by atoms with Gasteiger partial charge in [-0.3, -0.25) is 0 Å². The molecule has 0 aromatic carbocycles. The van der Waals surface area contributed by atoms with Crippen LogP contribution in [0.1, 0.15) is 16.5 Å². The van der Waals surface area contributed by atoms with E-state index in [9.17, 15) is 0 Å². The van der Waals surface area contributed by atoms with Crippen molar-refractivity contribution in [2.24, 2.45) is 11.5 Å². The summed E-state index contributed by atoms with van der Waals surface area (Å²) in [5.74, 6) is 0. The van der Waals surface area contributed by atoms with Crippen LogP contribution in [0.2, 0.25) is 0 Å². The minimum atomic E-state index is -0.00926. The average molecular weight is 235 g/mol. The van der Waals surface area contributed by atoms with Gasteiger partial charge in [-0.1, -0.05) is 0 Å². The van der Waals surface area contributed by atoms with Crippen LogP contribution < -0.4 is 11.5 Å². The highest BCUT2D eigenvalue weighted by Gasteiger charge is 2.08. The fraction of sp³-hybridized carbons (Fsp3) is 0.429. The van der Waals surface area contributed by atoms with Gasteiger partial charge in [0.05, 0.1) is 9.83 Å². The fourth-order valence-electron chi connectivity index (χ4n) is 0.782. The molecule has 1 rings (SSSR count). The molecule has 1 aromatic rings. The lowest BCUT2D eigenvalue weighted by molar-refractivity contribution is 0.751. The standard InChI is InChI=1S/C7H11BrN2S/c1-4-2-6(5(10)3-9)11-7(4)8/h2,5H,3,9-10H2,1H3/t5-/m0/s1. The SMILES string of the molecule is Cc1cc([C@@H](N)CN)sc1Br. The van der Waals surface area contributed by atoms with E-state index in [-0.39, 0.29) is 6.04 Å². The highest BCUT2D eigenvalue weighted by atomic mass is 79.9. The Kier molecular flexibility index (Phi) is 3.06. The van der Waals surface area contributed by atoms with Crippen molar-refractivity contribution in [2.45, 2.75) is 13.0 Å². The molecule has 0 aliphatic heterocycles. The fourth-order valence-corrected chi connectivity index (χ4v) is 2.37. The summed E-state index contributed by atoms with van der Waals surface area (Å²) in [6.07, 6.45) is 0. The molecule has 0 saturated carbocycles. The molecule has 0 amide bonds. The number of halogens is 1. The molecule has 1 aromatic heterocycles. The molecule has 1 heterocycles. The van der Waals surface area contributed by atoms with Gasteiger partial charge in [0.25, 0.3) is 0 Å². The monoisotopic (exact) mass is 234 g/mol. The molecular weight excluding hydrogens is 224 g/mol. The molecule has 2 nitrogen and oxygen atoms in total.